The van der Waals surface area contributed by atoms with Gasteiger partial charge in [0.2, 0.25) is 0 Å². The van der Waals surface area contributed by atoms with E-state index in [1.165, 1.54) is 24.5 Å². The number of hydrogen-bond donors (Lipinski definition) is 2. The highest BCUT2D eigenvalue weighted by atomic mass is 19.4. The second kappa shape index (κ2) is 9.57. The second-order valence-electron chi connectivity index (χ2n) is 5.71. The fraction of sp³-hybridized carbons (Fsp3) is 0.294. The molecule has 2 rings (SSSR count). The number of benzene rings is 1. The van der Waals surface area contributed by atoms with Crippen LogP contribution in [0.5, 0.6) is 0 Å². The average Bonchev–Trinajstić information content (AvgIpc) is 3.09. The van der Waals surface area contributed by atoms with Gasteiger partial charge in [0.15, 0.2) is 0 Å². The topological polar surface area (TPSA) is 125 Å². The molecule has 1 heterocycles. The lowest BCUT2D eigenvalue weighted by Crippen LogP contribution is -2.34. The van der Waals surface area contributed by atoms with Gasteiger partial charge in [-0.3, -0.25) is 9.59 Å². The van der Waals surface area contributed by atoms with Crippen molar-refractivity contribution in [3.8, 4) is 0 Å². The highest BCUT2D eigenvalue weighted by Crippen LogP contribution is 2.29. The first-order valence-corrected chi connectivity index (χ1v) is 8.08. The molecule has 0 aliphatic rings. The Morgan fingerprint density at radius 3 is 2.34 bits per heavy atom. The lowest BCUT2D eigenvalue weighted by molar-refractivity contribution is -0.138. The fourth-order valence-electron chi connectivity index (χ4n) is 2.14. The van der Waals surface area contributed by atoms with Crippen molar-refractivity contribution in [3.05, 3.63) is 47.3 Å². The Kier molecular flexibility index (Phi) is 7.17. The van der Waals surface area contributed by atoms with E-state index in [4.69, 9.17) is 19.5 Å². The molecular formula is C17H16F3N3O6. The van der Waals surface area contributed by atoms with E-state index >= 15 is 0 Å². The molecule has 1 aromatic carbocycles. The monoisotopic (exact) mass is 415 g/mol. The summed E-state index contributed by atoms with van der Waals surface area (Å²) in [6.07, 6.45) is -1.69. The van der Waals surface area contributed by atoms with Crippen LogP contribution >= 0.6 is 0 Å². The lowest BCUT2D eigenvalue weighted by atomic mass is 10.1. The van der Waals surface area contributed by atoms with Crippen molar-refractivity contribution >= 4 is 24.2 Å². The highest BCUT2D eigenvalue weighted by Gasteiger charge is 2.29. The molecule has 0 bridgehead atoms. The first-order valence-electron chi connectivity index (χ1n) is 8.08. The summed E-state index contributed by atoms with van der Waals surface area (Å²) in [4.78, 5) is 31.4. The largest absolute Gasteiger partial charge is 0.480 e. The van der Waals surface area contributed by atoms with Crippen molar-refractivity contribution in [2.75, 3.05) is 18.0 Å². The van der Waals surface area contributed by atoms with E-state index in [-0.39, 0.29) is 24.8 Å². The minimum atomic E-state index is -4.40. The maximum Gasteiger partial charge on any atom is 0.416 e. The number of nitrogens with zero attached hydrogens (tertiary/aromatic N) is 3. The van der Waals surface area contributed by atoms with E-state index < -0.39 is 36.8 Å². The molecule has 0 saturated heterocycles. The Morgan fingerprint density at radius 2 is 1.79 bits per heavy atom. The predicted octanol–water partition coefficient (Wildman–Crippen LogP) is 2.41. The standard InChI is InChI=1S/C17H16F3N3O6/c18-17(19,20)12-3-1-11(2-4-12)10-28-22-6-5-13-7-21-16(29-13)23(8-14(24)25)9-15(26)27/h1-4,6-7H,5,8-10H2,(H,24,25)(H,26,27). The van der Waals surface area contributed by atoms with Gasteiger partial charge < -0.3 is 24.4 Å². The number of oxime groups is 1. The summed E-state index contributed by atoms with van der Waals surface area (Å²) in [5.41, 5.74) is -0.263. The third-order valence-corrected chi connectivity index (χ3v) is 3.42. The summed E-state index contributed by atoms with van der Waals surface area (Å²) in [7, 11) is 0. The minimum absolute atomic E-state index is 0.0404. The van der Waals surface area contributed by atoms with Crippen LogP contribution < -0.4 is 4.90 Å². The predicted molar refractivity (Wildman–Crippen MR) is 92.4 cm³/mol. The maximum absolute atomic E-state index is 12.5. The molecule has 9 nitrogen and oxygen atoms in total. The maximum atomic E-state index is 12.5. The van der Waals surface area contributed by atoms with Crippen LogP contribution in [-0.2, 0) is 33.6 Å². The van der Waals surface area contributed by atoms with Gasteiger partial charge in [-0.2, -0.15) is 13.2 Å². The van der Waals surface area contributed by atoms with Gasteiger partial charge in [-0.15, -0.1) is 0 Å². The van der Waals surface area contributed by atoms with Gasteiger partial charge in [0.1, 0.15) is 25.5 Å². The van der Waals surface area contributed by atoms with Gasteiger partial charge in [0, 0.05) is 6.42 Å². The van der Waals surface area contributed by atoms with Crippen molar-refractivity contribution in [1.82, 2.24) is 4.98 Å². The Hall–Kier alpha value is -3.57. The Morgan fingerprint density at radius 1 is 1.17 bits per heavy atom. The number of oxazole rings is 1. The summed E-state index contributed by atoms with van der Waals surface area (Å²) in [6, 6.07) is 4.28. The van der Waals surface area contributed by atoms with Crippen molar-refractivity contribution in [1.29, 1.82) is 0 Å². The number of aliphatic carboxylic acids is 2. The molecule has 0 unspecified atom stereocenters. The van der Waals surface area contributed by atoms with Crippen molar-refractivity contribution in [2.24, 2.45) is 5.16 Å². The molecule has 0 spiro atoms. The Bertz CT molecular complexity index is 848. The number of carbonyl (C=O) groups is 2. The van der Waals surface area contributed by atoms with Crippen LogP contribution in [0, 0.1) is 0 Å². The first kappa shape index (κ1) is 21.7. The van der Waals surface area contributed by atoms with Crippen LogP contribution in [-0.4, -0.2) is 46.4 Å². The smallest absolute Gasteiger partial charge is 0.416 e. The van der Waals surface area contributed by atoms with Gasteiger partial charge in [0.25, 0.3) is 6.01 Å². The fourth-order valence-corrected chi connectivity index (χ4v) is 2.14. The van der Waals surface area contributed by atoms with E-state index in [9.17, 15) is 22.8 Å². The zero-order valence-electron chi connectivity index (χ0n) is 14.8. The molecule has 12 heteroatoms. The summed E-state index contributed by atoms with van der Waals surface area (Å²) >= 11 is 0. The quantitative estimate of drug-likeness (QED) is 0.448. The summed E-state index contributed by atoms with van der Waals surface area (Å²) < 4.78 is 42.7. The summed E-state index contributed by atoms with van der Waals surface area (Å²) in [5, 5.41) is 21.3. The molecule has 156 valence electrons. The Labute approximate surface area is 162 Å². The average molecular weight is 415 g/mol. The third kappa shape index (κ3) is 7.16. The number of aromatic nitrogens is 1. The number of carboxylic acids is 2. The van der Waals surface area contributed by atoms with E-state index in [1.54, 1.807) is 0 Å². The molecule has 0 amide bonds. The lowest BCUT2D eigenvalue weighted by Gasteiger charge is -2.15. The van der Waals surface area contributed by atoms with Crippen LogP contribution in [0.3, 0.4) is 0 Å². The molecule has 0 aliphatic carbocycles. The second-order valence-corrected chi connectivity index (χ2v) is 5.71. The van der Waals surface area contributed by atoms with Crippen LogP contribution in [0.15, 0.2) is 40.0 Å². The number of rotatable bonds is 10. The minimum Gasteiger partial charge on any atom is -0.480 e. The molecule has 2 N–H and O–H groups in total. The molecule has 29 heavy (non-hydrogen) atoms. The van der Waals surface area contributed by atoms with Crippen molar-refractivity contribution in [2.45, 2.75) is 19.2 Å². The molecule has 0 aliphatic heterocycles. The van der Waals surface area contributed by atoms with E-state index in [1.807, 2.05) is 0 Å². The first-order chi connectivity index (χ1) is 13.6. The number of alkyl halides is 3. The van der Waals surface area contributed by atoms with Crippen LogP contribution in [0.25, 0.3) is 0 Å². The number of anilines is 1. The third-order valence-electron chi connectivity index (χ3n) is 3.42. The summed E-state index contributed by atoms with van der Waals surface area (Å²) in [6.45, 7) is -1.24. The van der Waals surface area contributed by atoms with E-state index in [0.29, 0.717) is 5.56 Å². The van der Waals surface area contributed by atoms with E-state index in [0.717, 1.165) is 17.0 Å². The SMILES string of the molecule is O=C(O)CN(CC(=O)O)c1ncc(CC=NOCc2ccc(C(F)(F)F)cc2)o1. The number of hydrogen-bond acceptors (Lipinski definition) is 7. The van der Waals surface area contributed by atoms with Gasteiger partial charge >= 0.3 is 18.1 Å². The molecule has 0 atom stereocenters. The van der Waals surface area contributed by atoms with Crippen LogP contribution in [0.1, 0.15) is 16.9 Å². The zero-order valence-corrected chi connectivity index (χ0v) is 14.8. The van der Waals surface area contributed by atoms with Crippen LogP contribution in [0.4, 0.5) is 19.2 Å². The van der Waals surface area contributed by atoms with Gasteiger partial charge in [-0.05, 0) is 17.7 Å². The molecule has 0 saturated carbocycles. The number of carboxylic acid groups (broad SMARTS) is 2. The molecular weight excluding hydrogens is 399 g/mol. The molecule has 1 aromatic heterocycles. The summed E-state index contributed by atoms with van der Waals surface area (Å²) in [5.74, 6) is -2.21. The number of halogens is 3. The van der Waals surface area contributed by atoms with Crippen molar-refractivity contribution in [3.63, 3.8) is 0 Å². The van der Waals surface area contributed by atoms with Gasteiger partial charge in [0.05, 0.1) is 18.0 Å². The van der Waals surface area contributed by atoms with E-state index in [2.05, 4.69) is 10.1 Å². The zero-order chi connectivity index (χ0) is 21.4. The van der Waals surface area contributed by atoms with Crippen LogP contribution in [0.2, 0.25) is 0 Å². The normalized spacial score (nSPS) is 11.6. The molecule has 2 aromatic rings. The van der Waals surface area contributed by atoms with Gasteiger partial charge in [-0.1, -0.05) is 17.3 Å². The Balaban J connectivity index is 1.84. The van der Waals surface area contributed by atoms with Crippen molar-refractivity contribution < 1.29 is 42.2 Å². The molecule has 0 radical (unpaired) electrons. The van der Waals surface area contributed by atoms with Gasteiger partial charge in [-0.25, -0.2) is 4.98 Å². The highest BCUT2D eigenvalue weighted by molar-refractivity contribution is 5.78. The molecule has 0 fully saturated rings.